The quantitative estimate of drug-likeness (QED) is 0.593. The number of nitro groups is 1. The largest absolute Gasteiger partial charge is 0.504 e. The number of likely N-dealkylation sites (tertiary alicyclic amines) is 1. The third-order valence-corrected chi connectivity index (χ3v) is 4.76. The van der Waals surface area contributed by atoms with Crippen LogP contribution in [0.2, 0.25) is 5.02 Å². The molecule has 2 N–H and O–H groups in total. The molecule has 0 bridgehead atoms. The topological polar surface area (TPSA) is 122 Å². The fraction of sp³-hybridized carbons (Fsp3) is 0.412. The Balaban J connectivity index is 1.95. The number of amides is 1. The number of halogens is 1. The molecule has 1 amide bonds. The van der Waals surface area contributed by atoms with Gasteiger partial charge in [0.15, 0.2) is 11.4 Å². The highest BCUT2D eigenvalue weighted by Gasteiger charge is 2.33. The van der Waals surface area contributed by atoms with Crippen LogP contribution in [-0.2, 0) is 0 Å². The van der Waals surface area contributed by atoms with Crippen LogP contribution in [0.5, 0.6) is 5.75 Å². The van der Waals surface area contributed by atoms with Crippen LogP contribution in [0.25, 0.3) is 5.69 Å². The molecule has 1 aromatic carbocycles. The Kier molecular flexibility index (Phi) is 5.33. The first-order valence-electron chi connectivity index (χ1n) is 8.50. The van der Waals surface area contributed by atoms with Gasteiger partial charge in [-0.2, -0.15) is 5.10 Å². The Hall–Kier alpha value is -2.65. The van der Waals surface area contributed by atoms with E-state index in [2.05, 4.69) is 5.10 Å². The van der Waals surface area contributed by atoms with Crippen molar-refractivity contribution in [3.05, 3.63) is 45.2 Å². The first-order chi connectivity index (χ1) is 12.8. The van der Waals surface area contributed by atoms with E-state index in [-0.39, 0.29) is 33.9 Å². The summed E-state index contributed by atoms with van der Waals surface area (Å²) >= 11 is 5.93. The molecule has 0 radical (unpaired) electrons. The monoisotopic (exact) mass is 394 g/mol. The van der Waals surface area contributed by atoms with E-state index in [0.717, 1.165) is 23.7 Å². The van der Waals surface area contributed by atoms with Crippen LogP contribution in [0.3, 0.4) is 0 Å². The van der Waals surface area contributed by atoms with Gasteiger partial charge in [0.25, 0.3) is 11.6 Å². The van der Waals surface area contributed by atoms with E-state index in [4.69, 9.17) is 11.6 Å². The predicted octanol–water partition coefficient (Wildman–Crippen LogP) is 2.52. The molecule has 0 saturated carbocycles. The minimum absolute atomic E-state index is 0.0452. The Morgan fingerprint density at radius 1 is 1.52 bits per heavy atom. The molecule has 27 heavy (non-hydrogen) atoms. The van der Waals surface area contributed by atoms with Gasteiger partial charge in [0.05, 0.1) is 17.2 Å². The third-order valence-electron chi connectivity index (χ3n) is 4.53. The SMILES string of the molecule is CC(O)CC1CCCN1C(=O)c1nn(-c2cc(Cl)ccc2[N+](=O)[O-])cc1O. The molecule has 2 heterocycles. The highest BCUT2D eigenvalue weighted by atomic mass is 35.5. The van der Waals surface area contributed by atoms with Crippen molar-refractivity contribution < 1.29 is 19.9 Å². The lowest BCUT2D eigenvalue weighted by Crippen LogP contribution is -2.37. The average molecular weight is 395 g/mol. The fourth-order valence-corrected chi connectivity index (χ4v) is 3.52. The van der Waals surface area contributed by atoms with E-state index < -0.39 is 16.9 Å². The molecule has 2 aromatic rings. The number of carbonyl (C=O) groups excluding carboxylic acids is 1. The van der Waals surface area contributed by atoms with Gasteiger partial charge in [0, 0.05) is 23.7 Å². The Morgan fingerprint density at radius 3 is 2.93 bits per heavy atom. The third kappa shape index (κ3) is 3.88. The van der Waals surface area contributed by atoms with Crippen LogP contribution in [0.1, 0.15) is 36.7 Å². The number of carbonyl (C=O) groups is 1. The molecule has 9 nitrogen and oxygen atoms in total. The van der Waals surface area contributed by atoms with E-state index >= 15 is 0 Å². The number of benzene rings is 1. The van der Waals surface area contributed by atoms with E-state index in [0.29, 0.717) is 13.0 Å². The van der Waals surface area contributed by atoms with Crippen molar-refractivity contribution in [1.29, 1.82) is 0 Å². The van der Waals surface area contributed by atoms with Gasteiger partial charge in [-0.25, -0.2) is 4.68 Å². The summed E-state index contributed by atoms with van der Waals surface area (Å²) < 4.78 is 1.08. The number of aliphatic hydroxyl groups excluding tert-OH is 1. The Labute approximate surface area is 159 Å². The van der Waals surface area contributed by atoms with Crippen LogP contribution < -0.4 is 0 Å². The molecule has 0 aliphatic carbocycles. The number of rotatable bonds is 5. The Morgan fingerprint density at radius 2 is 2.26 bits per heavy atom. The molecule has 0 spiro atoms. The van der Waals surface area contributed by atoms with Gasteiger partial charge >= 0.3 is 0 Å². The van der Waals surface area contributed by atoms with Gasteiger partial charge in [-0.05, 0) is 38.3 Å². The summed E-state index contributed by atoms with van der Waals surface area (Å²) in [6.45, 7) is 2.16. The number of aromatic hydroxyl groups is 1. The van der Waals surface area contributed by atoms with Crippen molar-refractivity contribution in [2.75, 3.05) is 6.54 Å². The van der Waals surface area contributed by atoms with Gasteiger partial charge in [-0.15, -0.1) is 0 Å². The number of aliphatic hydroxyl groups is 1. The van der Waals surface area contributed by atoms with Gasteiger partial charge in [-0.1, -0.05) is 11.6 Å². The van der Waals surface area contributed by atoms with E-state index in [9.17, 15) is 25.1 Å². The number of nitrogens with zero attached hydrogens (tertiary/aromatic N) is 4. The molecule has 2 atom stereocenters. The molecule has 10 heteroatoms. The minimum atomic E-state index is -0.592. The van der Waals surface area contributed by atoms with Crippen LogP contribution in [0, 0.1) is 10.1 Å². The molecule has 3 rings (SSSR count). The zero-order chi connectivity index (χ0) is 19.7. The maximum absolute atomic E-state index is 12.8. The van der Waals surface area contributed by atoms with Crippen LogP contribution in [0.15, 0.2) is 24.4 Å². The van der Waals surface area contributed by atoms with Gasteiger partial charge in [0.1, 0.15) is 5.69 Å². The van der Waals surface area contributed by atoms with Gasteiger partial charge < -0.3 is 15.1 Å². The molecule has 1 fully saturated rings. The molecular formula is C17H19ClN4O5. The number of aromatic nitrogens is 2. The highest BCUT2D eigenvalue weighted by Crippen LogP contribution is 2.30. The van der Waals surface area contributed by atoms with Crippen LogP contribution in [0.4, 0.5) is 5.69 Å². The second kappa shape index (κ2) is 7.53. The predicted molar refractivity (Wildman–Crippen MR) is 97.2 cm³/mol. The van der Waals surface area contributed by atoms with Gasteiger partial charge in [-0.3, -0.25) is 14.9 Å². The lowest BCUT2D eigenvalue weighted by molar-refractivity contribution is -0.384. The average Bonchev–Trinajstić information content (AvgIpc) is 3.20. The lowest BCUT2D eigenvalue weighted by atomic mass is 10.1. The second-order valence-electron chi connectivity index (χ2n) is 6.58. The summed E-state index contributed by atoms with van der Waals surface area (Å²) in [7, 11) is 0. The van der Waals surface area contributed by atoms with Gasteiger partial charge in [0.2, 0.25) is 0 Å². The highest BCUT2D eigenvalue weighted by molar-refractivity contribution is 6.30. The number of nitro benzene ring substituents is 1. The molecular weight excluding hydrogens is 376 g/mol. The molecule has 1 aliphatic heterocycles. The Bertz CT molecular complexity index is 882. The normalized spacial score (nSPS) is 17.9. The maximum atomic E-state index is 12.8. The lowest BCUT2D eigenvalue weighted by Gasteiger charge is -2.24. The minimum Gasteiger partial charge on any atom is -0.504 e. The first kappa shape index (κ1) is 19.1. The summed E-state index contributed by atoms with van der Waals surface area (Å²) in [6, 6.07) is 3.81. The second-order valence-corrected chi connectivity index (χ2v) is 7.01. The smallest absolute Gasteiger partial charge is 0.294 e. The molecule has 144 valence electrons. The molecule has 1 saturated heterocycles. The molecule has 1 aromatic heterocycles. The number of hydrogen-bond donors (Lipinski definition) is 2. The zero-order valence-electron chi connectivity index (χ0n) is 14.6. The van der Waals surface area contributed by atoms with E-state index in [1.807, 2.05) is 0 Å². The van der Waals surface area contributed by atoms with Crippen LogP contribution in [-0.4, -0.2) is 54.4 Å². The molecule has 1 aliphatic rings. The van der Waals surface area contributed by atoms with Crippen molar-refractivity contribution in [2.24, 2.45) is 0 Å². The summed E-state index contributed by atoms with van der Waals surface area (Å²) in [5.41, 5.74) is -0.403. The van der Waals surface area contributed by atoms with Crippen molar-refractivity contribution in [1.82, 2.24) is 14.7 Å². The van der Waals surface area contributed by atoms with E-state index in [1.165, 1.54) is 18.2 Å². The summed E-state index contributed by atoms with van der Waals surface area (Å²) in [5.74, 6) is -0.851. The summed E-state index contributed by atoms with van der Waals surface area (Å²) in [4.78, 5) is 25.1. The standard InChI is InChI=1S/C17H19ClN4O5/c1-10(23)7-12-3-2-6-20(12)17(25)16-15(24)9-21(19-16)14-8-11(18)4-5-13(14)22(26)27/h4-5,8-10,12,23-24H,2-3,6-7H2,1H3. The van der Waals surface area contributed by atoms with Crippen molar-refractivity contribution >= 4 is 23.2 Å². The summed E-state index contributed by atoms with van der Waals surface area (Å²) in [6.07, 6.45) is 2.59. The first-order valence-corrected chi connectivity index (χ1v) is 8.87. The van der Waals surface area contributed by atoms with E-state index in [1.54, 1.807) is 11.8 Å². The van der Waals surface area contributed by atoms with Crippen LogP contribution >= 0.6 is 11.6 Å². The molecule has 2 unspecified atom stereocenters. The van der Waals surface area contributed by atoms with Crippen molar-refractivity contribution in [3.63, 3.8) is 0 Å². The van der Waals surface area contributed by atoms with Crippen molar-refractivity contribution in [2.45, 2.75) is 38.3 Å². The zero-order valence-corrected chi connectivity index (χ0v) is 15.3. The van der Waals surface area contributed by atoms with Crippen molar-refractivity contribution in [3.8, 4) is 11.4 Å². The summed E-state index contributed by atoms with van der Waals surface area (Å²) in [5, 5.41) is 35.4. The maximum Gasteiger partial charge on any atom is 0.294 e. The number of hydrogen-bond acceptors (Lipinski definition) is 6. The fourth-order valence-electron chi connectivity index (χ4n) is 3.35.